The van der Waals surface area contributed by atoms with Crippen LogP contribution >= 0.6 is 0 Å². The largest absolute Gasteiger partial charge is 0.478 e. The van der Waals surface area contributed by atoms with Gasteiger partial charge in [-0.15, -0.1) is 0 Å². The number of carboxylic acids is 2. The summed E-state index contributed by atoms with van der Waals surface area (Å²) in [4.78, 5) is 76.5. The van der Waals surface area contributed by atoms with E-state index in [4.69, 9.17) is 0 Å². The number of benzene rings is 4. The van der Waals surface area contributed by atoms with E-state index in [-0.39, 0.29) is 51.0 Å². The van der Waals surface area contributed by atoms with Crippen molar-refractivity contribution in [2.75, 3.05) is 18.4 Å². The number of nitrogens with zero attached hydrogens (tertiary/aromatic N) is 1. The first-order valence-electron chi connectivity index (χ1n) is 17.6. The molecule has 1 atom stereocenters. The predicted octanol–water partition coefficient (Wildman–Crippen LogP) is 6.24. The van der Waals surface area contributed by atoms with Gasteiger partial charge in [0.25, 0.3) is 17.5 Å². The maximum atomic E-state index is 14.1. The smallest absolute Gasteiger partial charge is 0.335 e. The number of rotatable bonds is 12. The molecule has 8 rings (SSSR count). The van der Waals surface area contributed by atoms with Gasteiger partial charge in [-0.2, -0.15) is 0 Å². The Kier molecular flexibility index (Phi) is 9.41. The fraction of sp³-hybridized carbons (Fsp3) is 0.325. The fourth-order valence-corrected chi connectivity index (χ4v) is 9.23. The summed E-state index contributed by atoms with van der Waals surface area (Å²) in [5.74, 6) is -3.66. The number of hydrogen-bond donors (Lipinski definition) is 5. The lowest BCUT2D eigenvalue weighted by atomic mass is 9.49. The third kappa shape index (κ3) is 7.32. The normalized spacial score (nSPS) is 21.8. The van der Waals surface area contributed by atoms with Crippen LogP contribution in [-0.2, 0) is 4.79 Å². The molecule has 1 unspecified atom stereocenters. The molecule has 0 saturated heterocycles. The third-order valence-corrected chi connectivity index (χ3v) is 11.2. The number of aromatic carboxylic acids is 2. The molecule has 13 nitrogen and oxygen atoms in total. The molecule has 272 valence electrons. The van der Waals surface area contributed by atoms with Crippen molar-refractivity contribution in [3.8, 4) is 0 Å². The van der Waals surface area contributed by atoms with E-state index < -0.39 is 40.5 Å². The Morgan fingerprint density at radius 2 is 1.34 bits per heavy atom. The maximum absolute atomic E-state index is 14.1. The zero-order valence-electron chi connectivity index (χ0n) is 28.7. The van der Waals surface area contributed by atoms with Gasteiger partial charge < -0.3 is 26.2 Å². The van der Waals surface area contributed by atoms with Gasteiger partial charge >= 0.3 is 11.9 Å². The van der Waals surface area contributed by atoms with Gasteiger partial charge in [-0.05, 0) is 103 Å². The van der Waals surface area contributed by atoms with Gasteiger partial charge in [0.15, 0.2) is 0 Å². The van der Waals surface area contributed by atoms with Crippen molar-refractivity contribution in [2.45, 2.75) is 44.4 Å². The fourth-order valence-electron chi connectivity index (χ4n) is 9.23. The Hall–Kier alpha value is -6.11. The molecule has 0 heterocycles. The van der Waals surface area contributed by atoms with E-state index in [9.17, 15) is 44.3 Å². The van der Waals surface area contributed by atoms with Crippen LogP contribution in [0.2, 0.25) is 0 Å². The molecular formula is C40H38N4O9. The van der Waals surface area contributed by atoms with E-state index in [1.807, 2.05) is 0 Å². The number of amides is 3. The molecule has 4 aliphatic carbocycles. The monoisotopic (exact) mass is 718 g/mol. The van der Waals surface area contributed by atoms with Crippen LogP contribution in [0, 0.1) is 33.3 Å². The van der Waals surface area contributed by atoms with Crippen molar-refractivity contribution >= 4 is 51.8 Å². The van der Waals surface area contributed by atoms with Gasteiger partial charge in [-0.25, -0.2) is 9.59 Å². The van der Waals surface area contributed by atoms with E-state index in [2.05, 4.69) is 16.0 Å². The number of non-ortho nitro benzene ring substituents is 1. The highest BCUT2D eigenvalue weighted by Crippen LogP contribution is 2.59. The van der Waals surface area contributed by atoms with Gasteiger partial charge in [0, 0.05) is 24.8 Å². The van der Waals surface area contributed by atoms with Crippen LogP contribution in [0.25, 0.3) is 10.8 Å². The van der Waals surface area contributed by atoms with Crippen LogP contribution in [0.1, 0.15) is 91.4 Å². The first-order valence-corrected chi connectivity index (χ1v) is 17.6. The van der Waals surface area contributed by atoms with E-state index in [0.717, 1.165) is 37.5 Å². The lowest BCUT2D eigenvalue weighted by Crippen LogP contribution is -2.51. The van der Waals surface area contributed by atoms with E-state index >= 15 is 0 Å². The second kappa shape index (κ2) is 14.1. The lowest BCUT2D eigenvalue weighted by Gasteiger charge is -2.56. The summed E-state index contributed by atoms with van der Waals surface area (Å²) < 4.78 is 0. The molecule has 3 amide bonds. The van der Waals surface area contributed by atoms with Crippen molar-refractivity contribution in [1.29, 1.82) is 0 Å². The second-order valence-corrected chi connectivity index (χ2v) is 14.8. The first-order chi connectivity index (χ1) is 25.4. The van der Waals surface area contributed by atoms with Crippen molar-refractivity contribution in [3.63, 3.8) is 0 Å². The highest BCUT2D eigenvalue weighted by atomic mass is 16.6. The first kappa shape index (κ1) is 35.3. The molecule has 0 spiro atoms. The van der Waals surface area contributed by atoms with Gasteiger partial charge in [0.05, 0.1) is 38.5 Å². The van der Waals surface area contributed by atoms with Gasteiger partial charge in [0.1, 0.15) is 0 Å². The van der Waals surface area contributed by atoms with Crippen LogP contribution in [-0.4, -0.2) is 57.9 Å². The number of anilines is 1. The number of fused-ring (bicyclic) bond motifs is 1. The molecule has 4 bridgehead atoms. The number of carbonyl (C=O) groups is 5. The SMILES string of the molecule is O=C(O)c1cc(NC(=O)C(CNC(=O)c2cc3c([N+](=O)[O-])cccc3cc2C(=O)NCC23CC4CC(CC(C4)C2)C3)c2ccccc2)cc(C(=O)O)c1. The molecule has 4 aliphatic rings. The average Bonchev–Trinajstić information content (AvgIpc) is 3.12. The van der Waals surface area contributed by atoms with Crippen LogP contribution in [0.4, 0.5) is 11.4 Å². The molecule has 0 aromatic heterocycles. The Morgan fingerprint density at radius 1 is 0.755 bits per heavy atom. The number of carboxylic acid groups (broad SMARTS) is 2. The summed E-state index contributed by atoms with van der Waals surface area (Å²) in [7, 11) is 0. The van der Waals surface area contributed by atoms with Gasteiger partial charge in [-0.3, -0.25) is 24.5 Å². The summed E-state index contributed by atoms with van der Waals surface area (Å²) in [6.45, 7) is 0.189. The molecule has 5 N–H and O–H groups in total. The number of nitro groups is 1. The van der Waals surface area contributed by atoms with Crippen molar-refractivity contribution in [3.05, 3.63) is 117 Å². The second-order valence-electron chi connectivity index (χ2n) is 14.8. The topological polar surface area (TPSA) is 205 Å². The summed E-state index contributed by atoms with van der Waals surface area (Å²) in [6.07, 6.45) is 6.95. The predicted molar refractivity (Wildman–Crippen MR) is 194 cm³/mol. The molecule has 4 aromatic carbocycles. The molecule has 4 aromatic rings. The minimum Gasteiger partial charge on any atom is -0.478 e. The molecular weight excluding hydrogens is 680 g/mol. The number of carbonyl (C=O) groups excluding carboxylic acids is 3. The van der Waals surface area contributed by atoms with Gasteiger partial charge in [0.2, 0.25) is 5.91 Å². The quantitative estimate of drug-likeness (QED) is 0.0829. The number of hydrogen-bond acceptors (Lipinski definition) is 7. The highest BCUT2D eigenvalue weighted by molar-refractivity contribution is 6.12. The number of nitro benzene ring substituents is 1. The minimum absolute atomic E-state index is 0.0218. The van der Waals surface area contributed by atoms with Crippen LogP contribution in [0.5, 0.6) is 0 Å². The Balaban J connectivity index is 1.17. The Morgan fingerprint density at radius 3 is 1.92 bits per heavy atom. The average molecular weight is 719 g/mol. The van der Waals surface area contributed by atoms with E-state index in [1.165, 1.54) is 43.5 Å². The highest BCUT2D eigenvalue weighted by Gasteiger charge is 2.50. The van der Waals surface area contributed by atoms with Crippen LogP contribution in [0.15, 0.2) is 78.9 Å². The van der Waals surface area contributed by atoms with E-state index in [0.29, 0.717) is 35.2 Å². The molecule has 4 fully saturated rings. The summed E-state index contributed by atoms with van der Waals surface area (Å²) in [6, 6.07) is 19.0. The molecule has 53 heavy (non-hydrogen) atoms. The van der Waals surface area contributed by atoms with E-state index in [1.54, 1.807) is 36.4 Å². The van der Waals surface area contributed by atoms with Crippen molar-refractivity contribution in [1.82, 2.24) is 10.6 Å². The number of nitrogens with one attached hydrogen (secondary N) is 3. The molecule has 0 aliphatic heterocycles. The minimum atomic E-state index is -1.39. The Bertz CT molecular complexity index is 2100. The maximum Gasteiger partial charge on any atom is 0.335 e. The molecule has 4 saturated carbocycles. The van der Waals surface area contributed by atoms with Gasteiger partial charge in [-0.1, -0.05) is 42.5 Å². The summed E-state index contributed by atoms with van der Waals surface area (Å²) in [5, 5.41) is 40.0. The third-order valence-electron chi connectivity index (χ3n) is 11.2. The summed E-state index contributed by atoms with van der Waals surface area (Å²) >= 11 is 0. The standard InChI is InChI=1S/C40H38N4O9/c45-35(41-20-33(25-5-2-1-3-6-25)37(47)43-29-13-27(38(48)49)12-28(14-29)39(50)51)32-16-30-26(7-4-8-34(30)44(52)53)15-31(32)36(46)42-21-40-17-22-9-23(18-40)11-24(10-22)19-40/h1-8,12-16,22-24,33H,9-11,17-21H2,(H,41,45)(H,42,46)(H,43,47)(H,48,49)(H,50,51). The zero-order valence-corrected chi connectivity index (χ0v) is 28.7. The summed E-state index contributed by atoms with van der Waals surface area (Å²) in [5.41, 5.74) is -0.528. The van der Waals surface area contributed by atoms with Crippen molar-refractivity contribution < 1.29 is 39.1 Å². The molecule has 0 radical (unpaired) electrons. The Labute approximate surface area is 303 Å². The van der Waals surface area contributed by atoms with Crippen LogP contribution in [0.3, 0.4) is 0 Å². The zero-order chi connectivity index (χ0) is 37.4. The van der Waals surface area contributed by atoms with Crippen molar-refractivity contribution in [2.24, 2.45) is 23.2 Å². The van der Waals surface area contributed by atoms with Crippen LogP contribution < -0.4 is 16.0 Å². The lowest BCUT2D eigenvalue weighted by molar-refractivity contribution is -0.383. The molecule has 13 heteroatoms.